The number of benzene rings is 4. The first-order chi connectivity index (χ1) is 16.5. The molecular formula is C30H30Li2N4. The summed E-state index contributed by atoms with van der Waals surface area (Å²) < 4.78 is 0. The largest absolute Gasteiger partial charge is 1.00 e. The summed E-state index contributed by atoms with van der Waals surface area (Å²) in [6.45, 7) is 4.16. The first kappa shape index (κ1) is 29.2. The molecule has 0 spiro atoms. The second-order valence-electron chi connectivity index (χ2n) is 8.33. The first-order valence-electron chi connectivity index (χ1n) is 11.4. The molecule has 0 fully saturated rings. The summed E-state index contributed by atoms with van der Waals surface area (Å²) in [6, 6.07) is 37.0. The van der Waals surface area contributed by atoms with Crippen molar-refractivity contribution in [2.24, 2.45) is 0 Å². The minimum Gasteiger partial charge on any atom is -0.446 e. The van der Waals surface area contributed by atoms with Gasteiger partial charge in [-0.05, 0) is 36.6 Å². The van der Waals surface area contributed by atoms with E-state index in [4.69, 9.17) is 10.6 Å². The molecule has 172 valence electrons. The van der Waals surface area contributed by atoms with Crippen LogP contribution in [0.3, 0.4) is 0 Å². The maximum absolute atomic E-state index is 5.11. The van der Waals surface area contributed by atoms with Crippen LogP contribution in [0.2, 0.25) is 0 Å². The number of aryl methyl sites for hydroxylation is 2. The quantitative estimate of drug-likeness (QED) is 0.379. The molecule has 0 aliphatic rings. The number of para-hydroxylation sites is 2. The van der Waals surface area contributed by atoms with Crippen LogP contribution in [0.5, 0.6) is 0 Å². The van der Waals surface area contributed by atoms with Gasteiger partial charge in [-0.1, -0.05) is 146 Å². The van der Waals surface area contributed by atoms with E-state index in [1.165, 1.54) is 11.1 Å². The van der Waals surface area contributed by atoms with Crippen molar-refractivity contribution in [3.05, 3.63) is 143 Å². The van der Waals surface area contributed by atoms with Gasteiger partial charge < -0.3 is 20.4 Å². The van der Waals surface area contributed by atoms with E-state index in [9.17, 15) is 0 Å². The zero-order valence-corrected chi connectivity index (χ0v) is 22.2. The maximum atomic E-state index is 5.11. The fourth-order valence-corrected chi connectivity index (χ4v) is 3.58. The van der Waals surface area contributed by atoms with Crippen LogP contribution in [0, 0.1) is 13.8 Å². The predicted molar refractivity (Wildman–Crippen MR) is 145 cm³/mol. The third-order valence-electron chi connectivity index (χ3n) is 5.66. The molecule has 0 radical (unpaired) electrons. The summed E-state index contributed by atoms with van der Waals surface area (Å²) >= 11 is 0. The van der Waals surface area contributed by atoms with Crippen LogP contribution in [-0.2, 0) is 0 Å². The molecule has 0 N–H and O–H groups in total. The van der Waals surface area contributed by atoms with E-state index in [1.807, 2.05) is 74.8 Å². The SMILES string of the molecule is Cc1ccc([N-]/C(=C(\[N-]c2ccc(C)cc2)N(C)c2ccccc2)N(C)c2ccccc2)cc1.[Li+].[Li+]. The second kappa shape index (κ2) is 13.9. The van der Waals surface area contributed by atoms with E-state index in [0.717, 1.165) is 34.4 Å². The number of nitrogens with zero attached hydrogens (tertiary/aromatic N) is 4. The molecule has 4 nitrogen and oxygen atoms in total. The van der Waals surface area contributed by atoms with Crippen molar-refractivity contribution >= 4 is 22.7 Å². The van der Waals surface area contributed by atoms with Gasteiger partial charge in [-0.25, -0.2) is 0 Å². The molecule has 36 heavy (non-hydrogen) atoms. The number of rotatable bonds is 8. The van der Waals surface area contributed by atoms with E-state index < -0.39 is 0 Å². The van der Waals surface area contributed by atoms with E-state index in [0.29, 0.717) is 0 Å². The Morgan fingerprint density at radius 1 is 0.472 bits per heavy atom. The molecule has 0 saturated carbocycles. The van der Waals surface area contributed by atoms with Crippen molar-refractivity contribution in [1.29, 1.82) is 0 Å². The summed E-state index contributed by atoms with van der Waals surface area (Å²) in [4.78, 5) is 4.18. The molecule has 4 aromatic carbocycles. The Bertz CT molecular complexity index is 1130. The Labute approximate surface area is 239 Å². The molecule has 4 aromatic rings. The third-order valence-corrected chi connectivity index (χ3v) is 5.66. The summed E-state index contributed by atoms with van der Waals surface area (Å²) in [6.07, 6.45) is 0. The van der Waals surface area contributed by atoms with Crippen molar-refractivity contribution in [2.45, 2.75) is 13.8 Å². The van der Waals surface area contributed by atoms with Gasteiger partial charge in [0, 0.05) is 0 Å². The zero-order chi connectivity index (χ0) is 23.9. The Morgan fingerprint density at radius 2 is 0.778 bits per heavy atom. The molecule has 0 aliphatic carbocycles. The van der Waals surface area contributed by atoms with Crippen LogP contribution < -0.4 is 47.5 Å². The van der Waals surface area contributed by atoms with Crippen LogP contribution in [0.4, 0.5) is 22.7 Å². The minimum absolute atomic E-state index is 0. The average molecular weight is 460 g/mol. The van der Waals surface area contributed by atoms with Crippen LogP contribution in [-0.4, -0.2) is 14.1 Å². The van der Waals surface area contributed by atoms with Crippen molar-refractivity contribution in [1.82, 2.24) is 0 Å². The molecule has 4 rings (SSSR count). The average Bonchev–Trinajstić information content (AvgIpc) is 2.88. The number of hydrogen-bond acceptors (Lipinski definition) is 2. The molecule has 0 aromatic heterocycles. The Balaban J connectivity index is 0.00000228. The Morgan fingerprint density at radius 3 is 1.08 bits per heavy atom. The smallest absolute Gasteiger partial charge is 0.446 e. The Hall–Kier alpha value is -2.99. The molecule has 0 amide bonds. The van der Waals surface area contributed by atoms with E-state index in [2.05, 4.69) is 72.2 Å². The second-order valence-corrected chi connectivity index (χ2v) is 8.33. The fraction of sp³-hybridized carbons (Fsp3) is 0.133. The van der Waals surface area contributed by atoms with Crippen LogP contribution in [0.1, 0.15) is 11.1 Å². The Kier molecular flexibility index (Phi) is 11.3. The fourth-order valence-electron chi connectivity index (χ4n) is 3.58. The molecular weight excluding hydrogens is 430 g/mol. The molecule has 0 bridgehead atoms. The van der Waals surface area contributed by atoms with Gasteiger partial charge in [-0.2, -0.15) is 0 Å². The molecule has 0 heterocycles. The van der Waals surface area contributed by atoms with Crippen molar-refractivity contribution in [2.75, 3.05) is 23.9 Å². The maximum Gasteiger partial charge on any atom is 1.00 e. The van der Waals surface area contributed by atoms with Crippen LogP contribution in [0.25, 0.3) is 10.6 Å². The summed E-state index contributed by atoms with van der Waals surface area (Å²) in [7, 11) is 4.07. The van der Waals surface area contributed by atoms with Gasteiger partial charge >= 0.3 is 37.7 Å². The van der Waals surface area contributed by atoms with Gasteiger partial charge in [0.05, 0.1) is 0 Å². The minimum atomic E-state index is 0. The molecule has 6 heteroatoms. The van der Waals surface area contributed by atoms with E-state index in [1.54, 1.807) is 0 Å². The predicted octanol–water partition coefficient (Wildman–Crippen LogP) is 2.42. The summed E-state index contributed by atoms with van der Waals surface area (Å²) in [5.41, 5.74) is 6.22. The number of anilines is 2. The van der Waals surface area contributed by atoms with Gasteiger partial charge in [0.1, 0.15) is 0 Å². The molecule has 0 aliphatic heterocycles. The molecule has 0 saturated heterocycles. The zero-order valence-electron chi connectivity index (χ0n) is 22.2. The van der Waals surface area contributed by atoms with Gasteiger partial charge in [-0.15, -0.1) is 0 Å². The first-order valence-corrected chi connectivity index (χ1v) is 11.4. The molecule has 0 atom stereocenters. The van der Waals surface area contributed by atoms with Crippen molar-refractivity contribution in [3.8, 4) is 0 Å². The van der Waals surface area contributed by atoms with Gasteiger partial charge in [-0.3, -0.25) is 0 Å². The third kappa shape index (κ3) is 7.51. The summed E-state index contributed by atoms with van der Waals surface area (Å²) in [5, 5.41) is 10.2. The van der Waals surface area contributed by atoms with E-state index >= 15 is 0 Å². The van der Waals surface area contributed by atoms with Gasteiger partial charge in [0.15, 0.2) is 0 Å². The molecule has 0 unspecified atom stereocenters. The normalized spacial score (nSPS) is 10.8. The number of hydrogen-bond donors (Lipinski definition) is 0. The summed E-state index contributed by atoms with van der Waals surface area (Å²) in [5.74, 6) is 1.50. The van der Waals surface area contributed by atoms with Crippen LogP contribution in [0.15, 0.2) is 121 Å². The van der Waals surface area contributed by atoms with Gasteiger partial charge in [0.25, 0.3) is 0 Å². The monoisotopic (exact) mass is 460 g/mol. The topological polar surface area (TPSA) is 34.7 Å². The van der Waals surface area contributed by atoms with Gasteiger partial charge in [0.2, 0.25) is 0 Å². The van der Waals surface area contributed by atoms with E-state index in [-0.39, 0.29) is 37.7 Å². The van der Waals surface area contributed by atoms with Crippen molar-refractivity contribution in [3.63, 3.8) is 0 Å². The standard InChI is InChI=1S/C30H30N4.2Li/c1-23-15-19-25(20-16-23)31-29(33(3)27-11-7-5-8-12-27)30(32-26-21-17-24(2)18-22-26)34(4)28-13-9-6-10-14-28;;/h5-22H,1-4H3;;/q-2;2*+1/b30-29-;;. The van der Waals surface area contributed by atoms with Crippen LogP contribution >= 0.6 is 0 Å². The van der Waals surface area contributed by atoms with Crippen molar-refractivity contribution < 1.29 is 37.7 Å².